The van der Waals surface area contributed by atoms with Gasteiger partial charge < -0.3 is 29.9 Å². The molecule has 238 valence electrons. The number of ether oxygens (including phenoxy) is 1. The normalized spacial score (nSPS) is 11.8. The van der Waals surface area contributed by atoms with E-state index >= 15 is 0 Å². The van der Waals surface area contributed by atoms with Crippen LogP contribution in [-0.4, -0.2) is 38.2 Å². The molecule has 0 aliphatic heterocycles. The number of anilines is 1. The molecule has 0 aromatic heterocycles. The Kier molecular flexibility index (Phi) is 14.9. The number of fused-ring (bicyclic) bond motifs is 2. The van der Waals surface area contributed by atoms with Crippen LogP contribution < -0.4 is 72.3 Å². The molecule has 5 aromatic carbocycles. The zero-order valence-electron chi connectivity index (χ0n) is 26.0. The maximum Gasteiger partial charge on any atom is 1.00 e. The molecule has 0 atom stereocenters. The SMILES string of the molecule is COc1ccc(N=Nc2ccc(N=Nc3c(SOO[O-])cc4cc(S(=O)(=O)[O-])c(N)cc4c3O)c3cc(S(=O)(=O)[O-])ccc23)cc1.[Li+].[Li+].[Li+]. The van der Waals surface area contributed by atoms with Crippen molar-refractivity contribution in [3.8, 4) is 11.5 Å². The Morgan fingerprint density at radius 1 is 0.755 bits per heavy atom. The Labute approximate surface area is 319 Å². The van der Waals surface area contributed by atoms with Crippen LogP contribution >= 0.6 is 12.0 Å². The minimum absolute atomic E-state index is 0. The van der Waals surface area contributed by atoms with Gasteiger partial charge in [-0.2, -0.15) is 9.45 Å². The molecule has 0 bridgehead atoms. The molecule has 0 aliphatic carbocycles. The van der Waals surface area contributed by atoms with Crippen LogP contribution in [0.4, 0.5) is 28.4 Å². The molecular formula is C27H18Li3N5O11S3. The second-order valence-corrected chi connectivity index (χ2v) is 12.7. The number of nitrogen functional groups attached to an aromatic ring is 1. The smallest absolute Gasteiger partial charge is 0.744 e. The van der Waals surface area contributed by atoms with Gasteiger partial charge in [0.2, 0.25) is 0 Å². The summed E-state index contributed by atoms with van der Waals surface area (Å²) in [6.45, 7) is 0. The van der Waals surface area contributed by atoms with Crippen LogP contribution in [0.2, 0.25) is 0 Å². The van der Waals surface area contributed by atoms with Crippen molar-refractivity contribution in [2.24, 2.45) is 20.5 Å². The molecule has 0 unspecified atom stereocenters. The van der Waals surface area contributed by atoms with Crippen LogP contribution in [-0.2, 0) is 29.6 Å². The summed E-state index contributed by atoms with van der Waals surface area (Å²) in [5.41, 5.74) is 5.77. The van der Waals surface area contributed by atoms with Crippen molar-refractivity contribution in [1.82, 2.24) is 0 Å². The van der Waals surface area contributed by atoms with E-state index in [1.165, 1.54) is 31.4 Å². The molecular weight excluding hydrogens is 687 g/mol. The molecule has 0 aliphatic rings. The Hall–Kier alpha value is -2.94. The summed E-state index contributed by atoms with van der Waals surface area (Å²) in [4.78, 5) is -1.42. The van der Waals surface area contributed by atoms with E-state index in [9.17, 15) is 36.3 Å². The van der Waals surface area contributed by atoms with Crippen LogP contribution in [0.15, 0.2) is 108 Å². The molecule has 22 heteroatoms. The number of rotatable bonds is 10. The zero-order valence-corrected chi connectivity index (χ0v) is 28.5. The first-order valence-corrected chi connectivity index (χ1v) is 16.0. The van der Waals surface area contributed by atoms with Crippen molar-refractivity contribution < 1.29 is 107 Å². The van der Waals surface area contributed by atoms with Crippen LogP contribution in [0.5, 0.6) is 11.5 Å². The van der Waals surface area contributed by atoms with Crippen molar-refractivity contribution >= 4 is 82.3 Å². The third kappa shape index (κ3) is 9.65. The van der Waals surface area contributed by atoms with Crippen LogP contribution in [0.25, 0.3) is 21.5 Å². The number of phenolic OH excluding ortho intramolecular Hbond substituents is 1. The largest absolute Gasteiger partial charge is 1.00 e. The zero-order chi connectivity index (χ0) is 33.2. The van der Waals surface area contributed by atoms with E-state index in [2.05, 4.69) is 29.8 Å². The fourth-order valence-electron chi connectivity index (χ4n) is 4.31. The fourth-order valence-corrected chi connectivity index (χ4v) is 5.92. The molecule has 0 radical (unpaired) electrons. The fraction of sp³-hybridized carbons (Fsp3) is 0.0370. The molecule has 49 heavy (non-hydrogen) atoms. The minimum Gasteiger partial charge on any atom is -0.744 e. The van der Waals surface area contributed by atoms with Gasteiger partial charge in [-0.05, 0) is 72.1 Å². The van der Waals surface area contributed by atoms with Gasteiger partial charge in [-0.25, -0.2) is 16.8 Å². The maximum absolute atomic E-state index is 11.8. The van der Waals surface area contributed by atoms with Crippen molar-refractivity contribution in [2.75, 3.05) is 12.8 Å². The number of azo groups is 2. The average Bonchev–Trinajstić information content (AvgIpc) is 3.01. The van der Waals surface area contributed by atoms with E-state index in [1.54, 1.807) is 24.3 Å². The minimum atomic E-state index is -4.98. The molecule has 0 spiro atoms. The van der Waals surface area contributed by atoms with Gasteiger partial charge in [-0.15, -0.1) is 15.3 Å². The summed E-state index contributed by atoms with van der Waals surface area (Å²) in [6.07, 6.45) is 0. The summed E-state index contributed by atoms with van der Waals surface area (Å²) in [5, 5.41) is 42.0. The summed E-state index contributed by atoms with van der Waals surface area (Å²) in [5.74, 6) is 0.0112. The predicted molar refractivity (Wildman–Crippen MR) is 159 cm³/mol. The number of methoxy groups -OCH3 is 1. The Bertz CT molecular complexity index is 2280. The Morgan fingerprint density at radius 3 is 1.98 bits per heavy atom. The van der Waals surface area contributed by atoms with E-state index in [0.29, 0.717) is 16.8 Å². The molecule has 0 heterocycles. The Morgan fingerprint density at radius 2 is 1.39 bits per heavy atom. The Balaban J connectivity index is 0.00000278. The number of benzene rings is 5. The third-order valence-corrected chi connectivity index (χ3v) is 8.77. The molecule has 5 aromatic rings. The molecule has 5 rings (SSSR count). The van der Waals surface area contributed by atoms with Crippen molar-refractivity contribution in [2.45, 2.75) is 14.7 Å². The van der Waals surface area contributed by atoms with E-state index in [0.717, 1.165) is 24.3 Å². The maximum atomic E-state index is 11.8. The summed E-state index contributed by atoms with van der Waals surface area (Å²) in [7, 11) is -8.35. The first-order valence-electron chi connectivity index (χ1n) is 12.5. The molecule has 0 amide bonds. The number of nitrogens with zero attached hydrogens (tertiary/aromatic N) is 4. The van der Waals surface area contributed by atoms with Crippen LogP contribution in [0.1, 0.15) is 0 Å². The monoisotopic (exact) mass is 705 g/mol. The quantitative estimate of drug-likeness (QED) is 0.0269. The van der Waals surface area contributed by atoms with E-state index < -0.39 is 41.5 Å². The predicted octanol–water partition coefficient (Wildman–Crippen LogP) is -3.83. The first-order chi connectivity index (χ1) is 21.8. The molecule has 0 saturated carbocycles. The van der Waals surface area contributed by atoms with E-state index in [1.807, 2.05) is 0 Å². The first kappa shape index (κ1) is 42.2. The van der Waals surface area contributed by atoms with Gasteiger partial charge in [-0.1, -0.05) is 6.07 Å². The number of phenols is 1. The number of nitrogens with two attached hydrogens (primary N) is 1. The van der Waals surface area contributed by atoms with Gasteiger partial charge in [0.05, 0.1) is 50.9 Å². The second-order valence-electron chi connectivity index (χ2n) is 9.22. The standard InChI is InChI=1S/C27H21N5O11S3.3Li/c1-41-16-4-2-15(3-5-16)29-30-22-8-9-23(20-12-17(45(35,36)37)6-7-18(20)22)31-32-26-24(44-43-42-34)10-14-11-25(46(38,39)40)21(28)13-19(14)27(26)33;;;/h2-13,33-34H,28H2,1H3,(H,35,36,37)(H,38,39,40);;;/q;3*+1/p-3. The summed E-state index contributed by atoms with van der Waals surface area (Å²) in [6, 6.07) is 16.3. The van der Waals surface area contributed by atoms with Gasteiger partial charge in [0, 0.05) is 21.8 Å². The van der Waals surface area contributed by atoms with Crippen LogP contribution in [0, 0.1) is 0 Å². The average molecular weight is 705 g/mol. The summed E-state index contributed by atoms with van der Waals surface area (Å²) >= 11 is 0.284. The molecule has 0 saturated heterocycles. The van der Waals surface area contributed by atoms with Crippen molar-refractivity contribution in [3.05, 3.63) is 72.8 Å². The van der Waals surface area contributed by atoms with Crippen molar-refractivity contribution in [1.29, 1.82) is 0 Å². The van der Waals surface area contributed by atoms with Gasteiger partial charge in [-0.3, -0.25) is 5.04 Å². The molecule has 0 fully saturated rings. The number of aromatic hydroxyl groups is 1. The van der Waals surface area contributed by atoms with Gasteiger partial charge in [0.1, 0.15) is 31.7 Å². The van der Waals surface area contributed by atoms with Gasteiger partial charge in [0.25, 0.3) is 0 Å². The third-order valence-electron chi connectivity index (χ3n) is 6.44. The van der Waals surface area contributed by atoms with Gasteiger partial charge >= 0.3 is 56.6 Å². The molecule has 16 nitrogen and oxygen atoms in total. The van der Waals surface area contributed by atoms with E-state index in [-0.39, 0.29) is 107 Å². The number of hydrogen-bond donors (Lipinski definition) is 2. The van der Waals surface area contributed by atoms with Gasteiger partial charge in [0.15, 0.2) is 5.75 Å². The number of hydrogen-bond acceptors (Lipinski definition) is 17. The second kappa shape index (κ2) is 17.3. The van der Waals surface area contributed by atoms with Crippen molar-refractivity contribution in [3.63, 3.8) is 0 Å². The molecule has 3 N–H and O–H groups in total. The summed E-state index contributed by atoms with van der Waals surface area (Å²) < 4.78 is 79.8. The van der Waals surface area contributed by atoms with Crippen LogP contribution in [0.3, 0.4) is 0 Å². The topological polar surface area (TPSA) is 261 Å². The van der Waals surface area contributed by atoms with E-state index in [4.69, 9.17) is 10.5 Å².